The molecule has 0 aromatic heterocycles. The van der Waals surface area contributed by atoms with E-state index in [1.165, 1.54) is 0 Å². The van der Waals surface area contributed by atoms with Gasteiger partial charge in [0.05, 0.1) is 6.10 Å². The van der Waals surface area contributed by atoms with Crippen molar-refractivity contribution in [2.24, 2.45) is 17.6 Å². The first-order valence-corrected chi connectivity index (χ1v) is 5.20. The minimum Gasteiger partial charge on any atom is -0.393 e. The molecule has 1 saturated heterocycles. The van der Waals surface area contributed by atoms with Crippen LogP contribution in [0.1, 0.15) is 20.3 Å². The fraction of sp³-hybridized carbons (Fsp3) is 0.900. The zero-order valence-corrected chi connectivity index (χ0v) is 8.94. The van der Waals surface area contributed by atoms with Crippen molar-refractivity contribution < 1.29 is 9.90 Å². The fourth-order valence-corrected chi connectivity index (χ4v) is 1.86. The SMILES string of the molecule is CC(CN1CCC(O)C(C)C1)C(N)=O. The average Bonchev–Trinajstić information content (AvgIpc) is 2.11. The zero-order valence-electron chi connectivity index (χ0n) is 8.94. The minimum atomic E-state index is -0.247. The summed E-state index contributed by atoms with van der Waals surface area (Å²) in [6.07, 6.45) is 0.613. The molecule has 0 aliphatic carbocycles. The number of primary amides is 1. The van der Waals surface area contributed by atoms with Gasteiger partial charge in [0.1, 0.15) is 0 Å². The fourth-order valence-electron chi connectivity index (χ4n) is 1.86. The van der Waals surface area contributed by atoms with E-state index in [1.54, 1.807) is 0 Å². The number of carbonyl (C=O) groups excluding carboxylic acids is 1. The number of amides is 1. The van der Waals surface area contributed by atoms with Gasteiger partial charge in [-0.05, 0) is 12.3 Å². The molecule has 1 fully saturated rings. The lowest BCUT2D eigenvalue weighted by Crippen LogP contribution is -2.45. The average molecular weight is 200 g/mol. The molecule has 1 aliphatic heterocycles. The molecule has 1 heterocycles. The molecule has 1 rings (SSSR count). The van der Waals surface area contributed by atoms with Gasteiger partial charge in [-0.25, -0.2) is 0 Å². The van der Waals surface area contributed by atoms with Gasteiger partial charge in [0, 0.05) is 25.6 Å². The van der Waals surface area contributed by atoms with Crippen LogP contribution in [0.3, 0.4) is 0 Å². The van der Waals surface area contributed by atoms with Crippen molar-refractivity contribution in [2.45, 2.75) is 26.4 Å². The summed E-state index contributed by atoms with van der Waals surface area (Å²) in [6, 6.07) is 0. The number of hydrogen-bond acceptors (Lipinski definition) is 3. The third kappa shape index (κ3) is 2.96. The number of aliphatic hydroxyl groups excluding tert-OH is 1. The van der Waals surface area contributed by atoms with Crippen LogP contribution in [0.5, 0.6) is 0 Å². The summed E-state index contributed by atoms with van der Waals surface area (Å²) in [6.45, 7) is 6.32. The first-order valence-electron chi connectivity index (χ1n) is 5.20. The van der Waals surface area contributed by atoms with Crippen LogP contribution in [-0.4, -0.2) is 41.7 Å². The van der Waals surface area contributed by atoms with E-state index < -0.39 is 0 Å². The predicted molar refractivity (Wildman–Crippen MR) is 54.6 cm³/mol. The molecule has 0 saturated carbocycles. The van der Waals surface area contributed by atoms with Gasteiger partial charge in [-0.3, -0.25) is 4.79 Å². The van der Waals surface area contributed by atoms with Gasteiger partial charge >= 0.3 is 0 Å². The van der Waals surface area contributed by atoms with Crippen molar-refractivity contribution in [3.05, 3.63) is 0 Å². The smallest absolute Gasteiger partial charge is 0.221 e. The molecule has 0 spiro atoms. The summed E-state index contributed by atoms with van der Waals surface area (Å²) in [5.74, 6) is -0.0509. The Morgan fingerprint density at radius 1 is 1.71 bits per heavy atom. The normalized spacial score (nSPS) is 31.4. The van der Waals surface area contributed by atoms with E-state index in [0.717, 1.165) is 19.5 Å². The molecule has 1 amide bonds. The molecule has 3 N–H and O–H groups in total. The maximum Gasteiger partial charge on any atom is 0.221 e. The van der Waals surface area contributed by atoms with Crippen LogP contribution >= 0.6 is 0 Å². The molecule has 4 nitrogen and oxygen atoms in total. The third-order valence-electron chi connectivity index (χ3n) is 2.96. The molecular weight excluding hydrogens is 180 g/mol. The molecule has 14 heavy (non-hydrogen) atoms. The van der Waals surface area contributed by atoms with Crippen molar-refractivity contribution in [2.75, 3.05) is 19.6 Å². The Morgan fingerprint density at radius 2 is 2.36 bits per heavy atom. The topological polar surface area (TPSA) is 66.6 Å². The number of rotatable bonds is 3. The van der Waals surface area contributed by atoms with Gasteiger partial charge in [0.2, 0.25) is 5.91 Å². The second kappa shape index (κ2) is 4.75. The molecule has 82 valence electrons. The van der Waals surface area contributed by atoms with Crippen molar-refractivity contribution >= 4 is 5.91 Å². The van der Waals surface area contributed by atoms with Crippen molar-refractivity contribution in [1.29, 1.82) is 0 Å². The Hall–Kier alpha value is -0.610. The Morgan fingerprint density at radius 3 is 2.86 bits per heavy atom. The van der Waals surface area contributed by atoms with E-state index >= 15 is 0 Å². The van der Waals surface area contributed by atoms with Crippen molar-refractivity contribution in [3.63, 3.8) is 0 Å². The van der Waals surface area contributed by atoms with Gasteiger partial charge in [-0.15, -0.1) is 0 Å². The van der Waals surface area contributed by atoms with Gasteiger partial charge in [-0.1, -0.05) is 13.8 Å². The quantitative estimate of drug-likeness (QED) is 0.663. The Labute approximate surface area is 85.1 Å². The highest BCUT2D eigenvalue weighted by Crippen LogP contribution is 2.17. The summed E-state index contributed by atoms with van der Waals surface area (Å²) in [5, 5.41) is 9.52. The highest BCUT2D eigenvalue weighted by molar-refractivity contribution is 5.76. The molecule has 3 unspecified atom stereocenters. The second-order valence-electron chi connectivity index (χ2n) is 4.40. The molecular formula is C10H20N2O2. The van der Waals surface area contributed by atoms with Gasteiger partial charge < -0.3 is 15.7 Å². The van der Waals surface area contributed by atoms with Crippen LogP contribution in [0.2, 0.25) is 0 Å². The molecule has 0 aromatic rings. The zero-order chi connectivity index (χ0) is 10.7. The lowest BCUT2D eigenvalue weighted by Gasteiger charge is -2.35. The first-order chi connectivity index (χ1) is 6.50. The van der Waals surface area contributed by atoms with Crippen LogP contribution < -0.4 is 5.73 Å². The number of aliphatic hydroxyl groups is 1. The van der Waals surface area contributed by atoms with Gasteiger partial charge in [0.15, 0.2) is 0 Å². The van der Waals surface area contributed by atoms with E-state index in [9.17, 15) is 9.90 Å². The molecule has 1 aliphatic rings. The Kier molecular flexibility index (Phi) is 3.89. The highest BCUT2D eigenvalue weighted by Gasteiger charge is 2.25. The van der Waals surface area contributed by atoms with E-state index in [1.807, 2.05) is 13.8 Å². The van der Waals surface area contributed by atoms with Gasteiger partial charge in [0.25, 0.3) is 0 Å². The Balaban J connectivity index is 2.36. The maximum atomic E-state index is 10.9. The van der Waals surface area contributed by atoms with Crippen LogP contribution in [0, 0.1) is 11.8 Å². The summed E-state index contributed by atoms with van der Waals surface area (Å²) in [7, 11) is 0. The van der Waals surface area contributed by atoms with E-state index in [0.29, 0.717) is 12.5 Å². The van der Waals surface area contributed by atoms with E-state index in [-0.39, 0.29) is 17.9 Å². The van der Waals surface area contributed by atoms with Crippen LogP contribution in [0.25, 0.3) is 0 Å². The standard InChI is InChI=1S/C10H20N2O2/c1-7-5-12(4-3-9(7)13)6-8(2)10(11)14/h7-9,13H,3-6H2,1-2H3,(H2,11,14). The molecule has 4 heteroatoms. The number of hydrogen-bond donors (Lipinski definition) is 2. The summed E-state index contributed by atoms with van der Waals surface area (Å²) in [4.78, 5) is 13.1. The van der Waals surface area contributed by atoms with Gasteiger partial charge in [-0.2, -0.15) is 0 Å². The lowest BCUT2D eigenvalue weighted by atomic mass is 9.96. The van der Waals surface area contributed by atoms with Crippen molar-refractivity contribution in [3.8, 4) is 0 Å². The number of nitrogens with two attached hydrogens (primary N) is 1. The van der Waals surface area contributed by atoms with Crippen LogP contribution in [0.4, 0.5) is 0 Å². The monoisotopic (exact) mass is 200 g/mol. The Bertz CT molecular complexity index is 208. The van der Waals surface area contributed by atoms with E-state index in [2.05, 4.69) is 4.90 Å². The van der Waals surface area contributed by atoms with Crippen LogP contribution in [-0.2, 0) is 4.79 Å². The number of likely N-dealkylation sites (tertiary alicyclic amines) is 1. The molecule has 3 atom stereocenters. The number of piperidine rings is 1. The van der Waals surface area contributed by atoms with Crippen molar-refractivity contribution in [1.82, 2.24) is 4.90 Å². The molecule has 0 aromatic carbocycles. The van der Waals surface area contributed by atoms with Crippen LogP contribution in [0.15, 0.2) is 0 Å². The third-order valence-corrected chi connectivity index (χ3v) is 2.96. The summed E-state index contributed by atoms with van der Waals surface area (Å²) in [5.41, 5.74) is 5.20. The lowest BCUT2D eigenvalue weighted by molar-refractivity contribution is -0.122. The molecule has 0 radical (unpaired) electrons. The number of carbonyl (C=O) groups is 1. The predicted octanol–water partition coefficient (Wildman–Crippen LogP) is -0.189. The summed E-state index contributed by atoms with van der Waals surface area (Å²) < 4.78 is 0. The highest BCUT2D eigenvalue weighted by atomic mass is 16.3. The summed E-state index contributed by atoms with van der Waals surface area (Å²) >= 11 is 0. The molecule has 0 bridgehead atoms. The number of nitrogens with zero attached hydrogens (tertiary/aromatic N) is 1. The second-order valence-corrected chi connectivity index (χ2v) is 4.40. The van der Waals surface area contributed by atoms with E-state index in [4.69, 9.17) is 5.73 Å². The first kappa shape index (κ1) is 11.5. The maximum absolute atomic E-state index is 10.9. The largest absolute Gasteiger partial charge is 0.393 e. The minimum absolute atomic E-state index is 0.0996.